The lowest BCUT2D eigenvalue weighted by molar-refractivity contribution is 0.236. The van der Waals surface area contributed by atoms with Crippen molar-refractivity contribution in [1.82, 2.24) is 25.2 Å². The van der Waals surface area contributed by atoms with Crippen LogP contribution in [0.15, 0.2) is 23.3 Å². The van der Waals surface area contributed by atoms with Gasteiger partial charge < -0.3 is 15.2 Å². The molecule has 2 aromatic rings. The lowest BCUT2D eigenvalue weighted by Gasteiger charge is -2.23. The quantitative estimate of drug-likeness (QED) is 0.894. The number of rotatable bonds is 4. The Balaban J connectivity index is 1.40. The first-order valence-electron chi connectivity index (χ1n) is 6.70. The Bertz CT molecular complexity index is 565. The minimum Gasteiger partial charge on any atom is -0.338 e. The van der Waals surface area contributed by atoms with Gasteiger partial charge in [-0.25, -0.2) is 14.8 Å². The number of fused-ring (bicyclic) bond motifs is 1. The number of imidazole rings is 1. The van der Waals surface area contributed by atoms with Crippen LogP contribution < -0.4 is 10.6 Å². The molecule has 2 N–H and O–H groups in total. The molecular weight excluding hydrogens is 274 g/mol. The van der Waals surface area contributed by atoms with Gasteiger partial charge in [0.05, 0.1) is 17.7 Å². The van der Waals surface area contributed by atoms with Crippen LogP contribution >= 0.6 is 11.3 Å². The molecule has 6 nitrogen and oxygen atoms in total. The Labute approximate surface area is 121 Å². The van der Waals surface area contributed by atoms with E-state index < -0.39 is 0 Å². The summed E-state index contributed by atoms with van der Waals surface area (Å²) in [5.74, 6) is 1.58. The summed E-state index contributed by atoms with van der Waals surface area (Å²) in [5.41, 5.74) is 2.66. The number of nitrogens with zero attached hydrogens (tertiary/aromatic N) is 3. The Hall–Kier alpha value is -1.89. The van der Waals surface area contributed by atoms with Crippen molar-refractivity contribution >= 4 is 17.4 Å². The van der Waals surface area contributed by atoms with E-state index in [4.69, 9.17) is 0 Å². The number of aromatic nitrogens is 3. The third kappa shape index (κ3) is 3.16. The maximum Gasteiger partial charge on any atom is 0.315 e. The highest BCUT2D eigenvalue weighted by atomic mass is 32.1. The molecule has 0 fully saturated rings. The molecule has 0 radical (unpaired) electrons. The molecule has 0 unspecified atom stereocenters. The van der Waals surface area contributed by atoms with Crippen LogP contribution in [0, 0.1) is 5.92 Å². The van der Waals surface area contributed by atoms with E-state index in [1.807, 2.05) is 17.8 Å². The summed E-state index contributed by atoms with van der Waals surface area (Å²) in [6, 6.07) is -0.132. The van der Waals surface area contributed by atoms with Crippen LogP contribution in [0.25, 0.3) is 0 Å². The maximum atomic E-state index is 11.7. The Morgan fingerprint density at radius 3 is 3.25 bits per heavy atom. The third-order valence-corrected chi connectivity index (χ3v) is 4.15. The minimum absolute atomic E-state index is 0.132. The van der Waals surface area contributed by atoms with Gasteiger partial charge in [-0.15, -0.1) is 11.3 Å². The topological polar surface area (TPSA) is 71.8 Å². The minimum atomic E-state index is -0.132. The second-order valence-corrected chi connectivity index (χ2v) is 5.66. The first-order chi connectivity index (χ1) is 9.81. The van der Waals surface area contributed by atoms with Gasteiger partial charge in [-0.1, -0.05) is 0 Å². The summed E-state index contributed by atoms with van der Waals surface area (Å²) < 4.78 is 2.18. The van der Waals surface area contributed by atoms with Crippen molar-refractivity contribution in [1.29, 1.82) is 0 Å². The zero-order chi connectivity index (χ0) is 13.8. The van der Waals surface area contributed by atoms with Gasteiger partial charge in [0, 0.05) is 37.3 Å². The summed E-state index contributed by atoms with van der Waals surface area (Å²) in [7, 11) is 0. The van der Waals surface area contributed by atoms with Crippen LogP contribution in [0.5, 0.6) is 0 Å². The molecule has 0 saturated carbocycles. The van der Waals surface area contributed by atoms with E-state index in [1.54, 1.807) is 5.51 Å². The van der Waals surface area contributed by atoms with Crippen molar-refractivity contribution in [3.05, 3.63) is 34.8 Å². The summed E-state index contributed by atoms with van der Waals surface area (Å²) >= 11 is 1.53. The molecule has 106 valence electrons. The smallest absolute Gasteiger partial charge is 0.315 e. The van der Waals surface area contributed by atoms with E-state index in [1.165, 1.54) is 11.3 Å². The molecule has 1 aliphatic rings. The van der Waals surface area contributed by atoms with Gasteiger partial charge in [-0.2, -0.15) is 0 Å². The van der Waals surface area contributed by atoms with Gasteiger partial charge in [0.15, 0.2) is 0 Å². The number of carbonyl (C=O) groups is 1. The predicted molar refractivity (Wildman–Crippen MR) is 76.4 cm³/mol. The summed E-state index contributed by atoms with van der Waals surface area (Å²) in [6.45, 7) is 2.16. The molecule has 0 aromatic carbocycles. The average Bonchev–Trinajstić information content (AvgIpc) is 3.13. The van der Waals surface area contributed by atoms with Gasteiger partial charge in [-0.05, 0) is 12.3 Å². The first kappa shape index (κ1) is 13.1. The molecule has 0 bridgehead atoms. The number of amides is 2. The molecule has 20 heavy (non-hydrogen) atoms. The van der Waals surface area contributed by atoms with E-state index in [0.717, 1.165) is 30.9 Å². The molecular formula is C13H17N5OS. The monoisotopic (exact) mass is 291 g/mol. The van der Waals surface area contributed by atoms with Crippen LogP contribution in [-0.2, 0) is 19.5 Å². The second kappa shape index (κ2) is 6.04. The number of aryl methyl sites for hydroxylation is 1. The molecule has 2 amide bonds. The largest absolute Gasteiger partial charge is 0.338 e. The van der Waals surface area contributed by atoms with Crippen LogP contribution in [0.4, 0.5) is 4.79 Å². The first-order valence-corrected chi connectivity index (χ1v) is 7.64. The molecule has 0 spiro atoms. The van der Waals surface area contributed by atoms with Crippen LogP contribution in [0.3, 0.4) is 0 Å². The highest BCUT2D eigenvalue weighted by Crippen LogP contribution is 2.18. The van der Waals surface area contributed by atoms with E-state index in [0.29, 0.717) is 19.0 Å². The fourth-order valence-electron chi connectivity index (χ4n) is 2.38. The van der Waals surface area contributed by atoms with Crippen LogP contribution in [-0.4, -0.2) is 27.1 Å². The van der Waals surface area contributed by atoms with Crippen molar-refractivity contribution in [3.63, 3.8) is 0 Å². The fraction of sp³-hybridized carbons (Fsp3) is 0.462. The Morgan fingerprint density at radius 1 is 1.45 bits per heavy atom. The highest BCUT2D eigenvalue weighted by Gasteiger charge is 2.19. The van der Waals surface area contributed by atoms with E-state index >= 15 is 0 Å². The lowest BCUT2D eigenvalue weighted by atomic mass is 9.98. The average molecular weight is 291 g/mol. The van der Waals surface area contributed by atoms with Gasteiger partial charge in [0.1, 0.15) is 5.82 Å². The molecule has 3 heterocycles. The Morgan fingerprint density at radius 2 is 2.40 bits per heavy atom. The SMILES string of the molecule is O=C(NCc1cscn1)NC[C@@H]1CCn2ccnc2C1. The maximum absolute atomic E-state index is 11.7. The van der Waals surface area contributed by atoms with Crippen LogP contribution in [0.1, 0.15) is 17.9 Å². The number of urea groups is 1. The van der Waals surface area contributed by atoms with Crippen molar-refractivity contribution in [2.45, 2.75) is 25.9 Å². The van der Waals surface area contributed by atoms with Gasteiger partial charge in [-0.3, -0.25) is 0 Å². The molecule has 0 aliphatic carbocycles. The fourth-order valence-corrected chi connectivity index (χ4v) is 2.94. The predicted octanol–water partition coefficient (Wildman–Crippen LogP) is 1.40. The summed E-state index contributed by atoms with van der Waals surface area (Å²) in [6.07, 6.45) is 5.86. The zero-order valence-corrected chi connectivity index (χ0v) is 11.9. The lowest BCUT2D eigenvalue weighted by Crippen LogP contribution is -2.39. The number of thiazole rings is 1. The van der Waals surface area contributed by atoms with Crippen molar-refractivity contribution < 1.29 is 4.79 Å². The summed E-state index contributed by atoms with van der Waals surface area (Å²) in [4.78, 5) is 20.2. The summed E-state index contributed by atoms with van der Waals surface area (Å²) in [5, 5.41) is 7.67. The number of carbonyl (C=O) groups excluding carboxylic acids is 1. The molecule has 1 atom stereocenters. The van der Waals surface area contributed by atoms with Crippen LogP contribution in [0.2, 0.25) is 0 Å². The number of hydrogen-bond donors (Lipinski definition) is 2. The molecule has 2 aromatic heterocycles. The molecule has 7 heteroatoms. The van der Waals surface area contributed by atoms with Gasteiger partial charge in [0.25, 0.3) is 0 Å². The standard InChI is InChI=1S/C13H17N5OS/c19-13(16-7-11-8-20-9-17-11)15-6-10-1-3-18-4-2-14-12(18)5-10/h2,4,8-10H,1,3,5-7H2,(H2,15,16,19)/t10-/m1/s1. The van der Waals surface area contributed by atoms with Crippen molar-refractivity contribution in [2.75, 3.05) is 6.54 Å². The van der Waals surface area contributed by atoms with Crippen molar-refractivity contribution in [3.8, 4) is 0 Å². The van der Waals surface area contributed by atoms with E-state index in [9.17, 15) is 4.79 Å². The van der Waals surface area contributed by atoms with E-state index in [2.05, 4.69) is 25.2 Å². The van der Waals surface area contributed by atoms with Gasteiger partial charge >= 0.3 is 6.03 Å². The molecule has 3 rings (SSSR count). The Kier molecular flexibility index (Phi) is 3.96. The van der Waals surface area contributed by atoms with Gasteiger partial charge in [0.2, 0.25) is 0 Å². The number of hydrogen-bond acceptors (Lipinski definition) is 4. The third-order valence-electron chi connectivity index (χ3n) is 3.52. The second-order valence-electron chi connectivity index (χ2n) is 4.94. The zero-order valence-electron chi connectivity index (χ0n) is 11.1. The molecule has 1 aliphatic heterocycles. The normalized spacial score (nSPS) is 17.5. The molecule has 0 saturated heterocycles. The number of nitrogens with one attached hydrogen (secondary N) is 2. The van der Waals surface area contributed by atoms with E-state index in [-0.39, 0.29) is 6.03 Å². The van der Waals surface area contributed by atoms with Crippen molar-refractivity contribution in [2.24, 2.45) is 5.92 Å². The highest BCUT2D eigenvalue weighted by molar-refractivity contribution is 7.07.